The van der Waals surface area contributed by atoms with Gasteiger partial charge in [-0.3, -0.25) is 9.59 Å². The number of nitrogens with one attached hydrogen (secondary N) is 2. The molecule has 0 spiro atoms. The highest BCUT2D eigenvalue weighted by atomic mass is 32.2. The van der Waals surface area contributed by atoms with Gasteiger partial charge in [-0.2, -0.15) is 0 Å². The normalized spacial score (nSPS) is 20.6. The molecule has 0 radical (unpaired) electrons. The molecule has 1 saturated heterocycles. The fourth-order valence-corrected chi connectivity index (χ4v) is 6.13. The average Bonchev–Trinajstić information content (AvgIpc) is 3.38. The summed E-state index contributed by atoms with van der Waals surface area (Å²) >= 11 is 1.75. The summed E-state index contributed by atoms with van der Waals surface area (Å²) in [5.41, 5.74) is 1.18. The molecule has 2 N–H and O–H groups in total. The van der Waals surface area contributed by atoms with Crippen LogP contribution in [0.5, 0.6) is 0 Å². The van der Waals surface area contributed by atoms with Crippen LogP contribution in [0.25, 0.3) is 0 Å². The van der Waals surface area contributed by atoms with Gasteiger partial charge in [-0.15, -0.1) is 0 Å². The summed E-state index contributed by atoms with van der Waals surface area (Å²) in [6.07, 6.45) is 7.45. The molecule has 2 aromatic carbocycles. The number of hydrogen-bond acceptors (Lipinski definition) is 4. The van der Waals surface area contributed by atoms with Crippen LogP contribution in [0.1, 0.15) is 63.5 Å². The summed E-state index contributed by atoms with van der Waals surface area (Å²) in [6, 6.07) is 18.3. The molecule has 2 aromatic rings. The molecule has 34 heavy (non-hydrogen) atoms. The Balaban J connectivity index is 1.53. The first-order valence-corrected chi connectivity index (χ1v) is 13.5. The van der Waals surface area contributed by atoms with Gasteiger partial charge in [0.15, 0.2) is 0 Å². The summed E-state index contributed by atoms with van der Waals surface area (Å²) in [7, 11) is 1.78. The van der Waals surface area contributed by atoms with Crippen LogP contribution in [0, 0.1) is 5.92 Å². The lowest BCUT2D eigenvalue weighted by Crippen LogP contribution is -2.55. The minimum atomic E-state index is -0.439. The Morgan fingerprint density at radius 3 is 2.41 bits per heavy atom. The highest BCUT2D eigenvalue weighted by Crippen LogP contribution is 2.37. The van der Waals surface area contributed by atoms with Crippen molar-refractivity contribution in [2.75, 3.05) is 13.6 Å². The number of likely N-dealkylation sites (tertiary alicyclic amines) is 1. The average molecular weight is 480 g/mol. The SMILES string of the molecule is CNC(C)C(=O)NC(C(=O)N1CCCC1c1cccc(Sc2ccccc2)c1)C1CCCCC1. The van der Waals surface area contributed by atoms with Crippen LogP contribution in [-0.2, 0) is 9.59 Å². The predicted octanol–water partition coefficient (Wildman–Crippen LogP) is 5.17. The summed E-state index contributed by atoms with van der Waals surface area (Å²) in [5.74, 6) is 0.214. The van der Waals surface area contributed by atoms with E-state index in [0.717, 1.165) is 45.1 Å². The maximum Gasteiger partial charge on any atom is 0.245 e. The second-order valence-corrected chi connectivity index (χ2v) is 10.7. The lowest BCUT2D eigenvalue weighted by molar-refractivity contribution is -0.139. The van der Waals surface area contributed by atoms with Crippen molar-refractivity contribution in [3.05, 3.63) is 60.2 Å². The molecule has 2 aliphatic rings. The van der Waals surface area contributed by atoms with E-state index < -0.39 is 6.04 Å². The van der Waals surface area contributed by atoms with E-state index in [1.807, 2.05) is 17.9 Å². The van der Waals surface area contributed by atoms with Gasteiger partial charge in [0.2, 0.25) is 11.8 Å². The molecule has 1 heterocycles. The van der Waals surface area contributed by atoms with E-state index in [1.165, 1.54) is 21.8 Å². The topological polar surface area (TPSA) is 61.4 Å². The second kappa shape index (κ2) is 11.9. The van der Waals surface area contributed by atoms with E-state index in [-0.39, 0.29) is 29.8 Å². The molecule has 3 unspecified atom stereocenters. The third-order valence-corrected chi connectivity index (χ3v) is 8.27. The van der Waals surface area contributed by atoms with Crippen LogP contribution < -0.4 is 10.6 Å². The van der Waals surface area contributed by atoms with Crippen molar-refractivity contribution in [3.8, 4) is 0 Å². The first-order chi connectivity index (χ1) is 16.6. The van der Waals surface area contributed by atoms with Crippen LogP contribution in [0.3, 0.4) is 0 Å². The summed E-state index contributed by atoms with van der Waals surface area (Å²) in [6.45, 7) is 2.59. The van der Waals surface area contributed by atoms with Crippen molar-refractivity contribution >= 4 is 23.6 Å². The quantitative estimate of drug-likeness (QED) is 0.548. The molecule has 0 aromatic heterocycles. The Bertz CT molecular complexity index is 961. The first-order valence-electron chi connectivity index (χ1n) is 12.7. The number of hydrogen-bond donors (Lipinski definition) is 2. The molecule has 5 nitrogen and oxygen atoms in total. The van der Waals surface area contributed by atoms with Gasteiger partial charge in [0.25, 0.3) is 0 Å². The molecular formula is C28H37N3O2S. The Morgan fingerprint density at radius 1 is 0.941 bits per heavy atom. The van der Waals surface area contributed by atoms with Crippen LogP contribution in [0.2, 0.25) is 0 Å². The molecule has 0 bridgehead atoms. The highest BCUT2D eigenvalue weighted by Gasteiger charge is 2.39. The summed E-state index contributed by atoms with van der Waals surface area (Å²) in [4.78, 5) is 31.1. The number of benzene rings is 2. The highest BCUT2D eigenvalue weighted by molar-refractivity contribution is 7.99. The van der Waals surface area contributed by atoms with Gasteiger partial charge in [0, 0.05) is 16.3 Å². The zero-order valence-corrected chi connectivity index (χ0v) is 21.2. The van der Waals surface area contributed by atoms with Crippen molar-refractivity contribution in [1.29, 1.82) is 0 Å². The lowest BCUT2D eigenvalue weighted by Gasteiger charge is -2.35. The molecule has 4 rings (SSSR count). The Labute approximate surface area is 208 Å². The number of rotatable bonds is 8. The number of carbonyl (C=O) groups is 2. The van der Waals surface area contributed by atoms with E-state index in [9.17, 15) is 9.59 Å². The number of amides is 2. The van der Waals surface area contributed by atoms with Crippen LogP contribution >= 0.6 is 11.8 Å². The maximum atomic E-state index is 13.9. The van der Waals surface area contributed by atoms with Gasteiger partial charge in [-0.25, -0.2) is 0 Å². The van der Waals surface area contributed by atoms with Crippen molar-refractivity contribution in [2.45, 2.75) is 79.8 Å². The molecular weight excluding hydrogens is 442 g/mol. The molecule has 6 heteroatoms. The fourth-order valence-electron chi connectivity index (χ4n) is 5.22. The zero-order chi connectivity index (χ0) is 23.9. The largest absolute Gasteiger partial charge is 0.343 e. The molecule has 1 saturated carbocycles. The first kappa shape index (κ1) is 24.8. The van der Waals surface area contributed by atoms with Crippen molar-refractivity contribution in [1.82, 2.24) is 15.5 Å². The van der Waals surface area contributed by atoms with E-state index in [0.29, 0.717) is 0 Å². The monoisotopic (exact) mass is 479 g/mol. The number of nitrogens with zero attached hydrogens (tertiary/aromatic N) is 1. The van der Waals surface area contributed by atoms with Crippen molar-refractivity contribution in [2.24, 2.45) is 5.92 Å². The number of likely N-dealkylation sites (N-methyl/N-ethyl adjacent to an activating group) is 1. The molecule has 2 fully saturated rings. The van der Waals surface area contributed by atoms with Crippen LogP contribution in [0.4, 0.5) is 0 Å². The van der Waals surface area contributed by atoms with E-state index >= 15 is 0 Å². The minimum absolute atomic E-state index is 0.0635. The zero-order valence-electron chi connectivity index (χ0n) is 20.3. The Hall–Kier alpha value is -2.31. The predicted molar refractivity (Wildman–Crippen MR) is 138 cm³/mol. The van der Waals surface area contributed by atoms with Crippen LogP contribution in [-0.4, -0.2) is 42.4 Å². The maximum absolute atomic E-state index is 13.9. The second-order valence-electron chi connectivity index (χ2n) is 9.57. The van der Waals surface area contributed by atoms with Crippen LogP contribution in [0.15, 0.2) is 64.4 Å². The van der Waals surface area contributed by atoms with Gasteiger partial charge >= 0.3 is 0 Å². The molecule has 2 amide bonds. The van der Waals surface area contributed by atoms with Crippen molar-refractivity contribution in [3.63, 3.8) is 0 Å². The van der Waals surface area contributed by atoms with E-state index in [2.05, 4.69) is 59.2 Å². The van der Waals surface area contributed by atoms with Gasteiger partial charge in [-0.05, 0) is 75.4 Å². The Morgan fingerprint density at radius 2 is 1.68 bits per heavy atom. The van der Waals surface area contributed by atoms with Crippen molar-refractivity contribution < 1.29 is 9.59 Å². The van der Waals surface area contributed by atoms with E-state index in [4.69, 9.17) is 0 Å². The van der Waals surface area contributed by atoms with Gasteiger partial charge in [0.05, 0.1) is 12.1 Å². The summed E-state index contributed by atoms with van der Waals surface area (Å²) in [5, 5.41) is 6.14. The summed E-state index contributed by atoms with van der Waals surface area (Å²) < 4.78 is 0. The molecule has 3 atom stereocenters. The molecule has 1 aliphatic carbocycles. The van der Waals surface area contributed by atoms with Gasteiger partial charge in [-0.1, -0.05) is 61.4 Å². The minimum Gasteiger partial charge on any atom is -0.343 e. The van der Waals surface area contributed by atoms with E-state index in [1.54, 1.807) is 18.8 Å². The molecule has 1 aliphatic heterocycles. The Kier molecular flexibility index (Phi) is 8.68. The molecule has 182 valence electrons. The third-order valence-electron chi connectivity index (χ3n) is 7.27. The smallest absolute Gasteiger partial charge is 0.245 e. The third kappa shape index (κ3) is 6.02. The standard InChI is InChI=1S/C28H37N3O2S/c1-20(29-2)27(32)30-26(21-11-5-3-6-12-21)28(33)31-18-10-17-25(31)22-13-9-16-24(19-22)34-23-14-7-4-8-15-23/h4,7-9,13-16,19-21,25-26,29H,3,5-6,10-12,17-18H2,1-2H3,(H,30,32). The number of carbonyl (C=O) groups excluding carboxylic acids is 2. The fraction of sp³-hybridized carbons (Fsp3) is 0.500. The van der Waals surface area contributed by atoms with Gasteiger partial charge < -0.3 is 15.5 Å². The van der Waals surface area contributed by atoms with Gasteiger partial charge in [0.1, 0.15) is 6.04 Å². The lowest BCUT2D eigenvalue weighted by atomic mass is 9.83.